The van der Waals surface area contributed by atoms with E-state index in [0.717, 1.165) is 24.0 Å². The lowest BCUT2D eigenvalue weighted by Crippen LogP contribution is -2.36. The van der Waals surface area contributed by atoms with Gasteiger partial charge in [0.15, 0.2) is 5.82 Å². The summed E-state index contributed by atoms with van der Waals surface area (Å²) in [5.41, 5.74) is 2.51. The van der Waals surface area contributed by atoms with E-state index < -0.39 is 0 Å². The Morgan fingerprint density at radius 1 is 1.20 bits per heavy atom. The first-order chi connectivity index (χ1) is 12.1. The number of hydrogen-bond acceptors (Lipinski definition) is 4. The molecule has 1 aliphatic heterocycles. The van der Waals surface area contributed by atoms with Crippen LogP contribution in [0.2, 0.25) is 0 Å². The van der Waals surface area contributed by atoms with Gasteiger partial charge in [-0.05, 0) is 55.7 Å². The van der Waals surface area contributed by atoms with Crippen LogP contribution in [0.3, 0.4) is 0 Å². The van der Waals surface area contributed by atoms with E-state index in [2.05, 4.69) is 10.1 Å². The molecule has 4 rings (SSSR count). The third-order valence-corrected chi connectivity index (χ3v) is 4.32. The highest BCUT2D eigenvalue weighted by molar-refractivity contribution is 6.07. The van der Waals surface area contributed by atoms with Crippen molar-refractivity contribution in [3.63, 3.8) is 0 Å². The summed E-state index contributed by atoms with van der Waals surface area (Å²) in [5.74, 6) is 0.393. The van der Waals surface area contributed by atoms with E-state index in [9.17, 15) is 9.18 Å². The lowest BCUT2D eigenvalue weighted by Gasteiger charge is -2.29. The molecular formula is C19H16FN3O2. The van der Waals surface area contributed by atoms with Crippen LogP contribution in [0.5, 0.6) is 0 Å². The largest absolute Gasteiger partial charge is 0.334 e. The molecule has 6 heteroatoms. The molecule has 1 aromatic heterocycles. The maximum absolute atomic E-state index is 14.3. The molecule has 0 unspecified atom stereocenters. The van der Waals surface area contributed by atoms with Crippen LogP contribution in [-0.2, 0) is 6.42 Å². The fraction of sp³-hybridized carbons (Fsp3) is 0.211. The van der Waals surface area contributed by atoms with Gasteiger partial charge in [-0.3, -0.25) is 4.79 Å². The number of hydrogen-bond donors (Lipinski definition) is 0. The van der Waals surface area contributed by atoms with Gasteiger partial charge in [0.05, 0.1) is 5.69 Å². The van der Waals surface area contributed by atoms with Crippen LogP contribution >= 0.6 is 0 Å². The van der Waals surface area contributed by atoms with E-state index in [0.29, 0.717) is 29.5 Å². The van der Waals surface area contributed by atoms with E-state index in [1.54, 1.807) is 37.3 Å². The third kappa shape index (κ3) is 2.80. The average Bonchev–Trinajstić information content (AvgIpc) is 3.07. The zero-order valence-electron chi connectivity index (χ0n) is 13.7. The summed E-state index contributed by atoms with van der Waals surface area (Å²) < 4.78 is 19.4. The van der Waals surface area contributed by atoms with Crippen LogP contribution in [0.4, 0.5) is 10.1 Å². The highest BCUT2D eigenvalue weighted by Gasteiger charge is 2.26. The van der Waals surface area contributed by atoms with Crippen molar-refractivity contribution in [2.24, 2.45) is 0 Å². The standard InChI is InChI=1S/C19H16FN3O2/c1-12-21-18(25-22-12)14-7-9-15(10-8-14)19(24)23-11-3-5-13-4-2-6-16(20)17(13)23/h2,4,6-10H,3,5,11H2,1H3. The molecule has 0 saturated heterocycles. The second-order valence-electron chi connectivity index (χ2n) is 6.03. The molecule has 0 saturated carbocycles. The maximum atomic E-state index is 14.3. The number of nitrogens with zero attached hydrogens (tertiary/aromatic N) is 3. The zero-order chi connectivity index (χ0) is 17.4. The number of fused-ring (bicyclic) bond motifs is 1. The molecule has 0 fully saturated rings. The van der Waals surface area contributed by atoms with E-state index >= 15 is 0 Å². The van der Waals surface area contributed by atoms with Crippen molar-refractivity contribution in [3.8, 4) is 11.5 Å². The number of halogens is 1. The monoisotopic (exact) mass is 337 g/mol. The Balaban J connectivity index is 1.64. The van der Waals surface area contributed by atoms with E-state index in [1.807, 2.05) is 6.07 Å². The van der Waals surface area contributed by atoms with Crippen LogP contribution < -0.4 is 4.90 Å². The molecule has 0 atom stereocenters. The Hall–Kier alpha value is -3.02. The predicted molar refractivity (Wildman–Crippen MR) is 90.9 cm³/mol. The molecule has 1 amide bonds. The molecule has 5 nitrogen and oxygen atoms in total. The lowest BCUT2D eigenvalue weighted by atomic mass is 10.00. The first-order valence-electron chi connectivity index (χ1n) is 8.13. The van der Waals surface area contributed by atoms with Crippen LogP contribution in [0.25, 0.3) is 11.5 Å². The topological polar surface area (TPSA) is 59.2 Å². The SMILES string of the molecule is Cc1noc(-c2ccc(C(=O)N3CCCc4cccc(F)c43)cc2)n1. The molecule has 25 heavy (non-hydrogen) atoms. The predicted octanol–water partition coefficient (Wildman–Crippen LogP) is 3.78. The van der Waals surface area contributed by atoms with Crippen LogP contribution in [0.1, 0.15) is 28.2 Å². The fourth-order valence-electron chi connectivity index (χ4n) is 3.13. The Morgan fingerprint density at radius 2 is 2.00 bits per heavy atom. The molecule has 0 spiro atoms. The molecular weight excluding hydrogens is 321 g/mol. The highest BCUT2D eigenvalue weighted by atomic mass is 19.1. The van der Waals surface area contributed by atoms with Crippen molar-refractivity contribution in [1.82, 2.24) is 10.1 Å². The van der Waals surface area contributed by atoms with Gasteiger partial charge in [-0.25, -0.2) is 4.39 Å². The van der Waals surface area contributed by atoms with Gasteiger partial charge in [0.2, 0.25) is 0 Å². The average molecular weight is 337 g/mol. The number of carbonyl (C=O) groups excluding carboxylic acids is 1. The summed E-state index contributed by atoms with van der Waals surface area (Å²) in [6.45, 7) is 2.25. The molecule has 0 radical (unpaired) electrons. The first-order valence-corrected chi connectivity index (χ1v) is 8.13. The molecule has 0 aliphatic carbocycles. The van der Waals surface area contributed by atoms with Gasteiger partial charge < -0.3 is 9.42 Å². The van der Waals surface area contributed by atoms with Gasteiger partial charge in [-0.2, -0.15) is 4.98 Å². The number of rotatable bonds is 2. The number of anilines is 1. The van der Waals surface area contributed by atoms with Crippen molar-refractivity contribution in [2.75, 3.05) is 11.4 Å². The van der Waals surface area contributed by atoms with Crippen LogP contribution in [0, 0.1) is 12.7 Å². The molecule has 2 heterocycles. The molecule has 0 N–H and O–H groups in total. The molecule has 2 aromatic carbocycles. The van der Waals surface area contributed by atoms with E-state index in [-0.39, 0.29) is 11.7 Å². The summed E-state index contributed by atoms with van der Waals surface area (Å²) in [7, 11) is 0. The van der Waals surface area contributed by atoms with Crippen molar-refractivity contribution in [1.29, 1.82) is 0 Å². The number of carbonyl (C=O) groups is 1. The number of benzene rings is 2. The number of aryl methyl sites for hydroxylation is 2. The van der Waals surface area contributed by atoms with Gasteiger partial charge in [0.25, 0.3) is 11.8 Å². The summed E-state index contributed by atoms with van der Waals surface area (Å²) in [5, 5.41) is 3.76. The van der Waals surface area contributed by atoms with Gasteiger partial charge in [0, 0.05) is 17.7 Å². The highest BCUT2D eigenvalue weighted by Crippen LogP contribution is 2.31. The molecule has 126 valence electrons. The molecule has 0 bridgehead atoms. The van der Waals surface area contributed by atoms with Gasteiger partial charge in [-0.15, -0.1) is 0 Å². The molecule has 1 aliphatic rings. The lowest BCUT2D eigenvalue weighted by molar-refractivity contribution is 0.0984. The zero-order valence-corrected chi connectivity index (χ0v) is 13.7. The van der Waals surface area contributed by atoms with E-state index in [4.69, 9.17) is 4.52 Å². The Labute approximate surface area is 144 Å². The summed E-state index contributed by atoms with van der Waals surface area (Å²) in [4.78, 5) is 18.6. The second-order valence-corrected chi connectivity index (χ2v) is 6.03. The number of para-hydroxylation sites is 1. The smallest absolute Gasteiger partial charge is 0.258 e. The maximum Gasteiger partial charge on any atom is 0.258 e. The van der Waals surface area contributed by atoms with E-state index in [1.165, 1.54) is 11.0 Å². The fourth-order valence-corrected chi connectivity index (χ4v) is 3.13. The van der Waals surface area contributed by atoms with Gasteiger partial charge in [-0.1, -0.05) is 17.3 Å². The summed E-state index contributed by atoms with van der Waals surface area (Å²) in [6.07, 6.45) is 1.61. The number of amides is 1. The minimum Gasteiger partial charge on any atom is -0.334 e. The van der Waals surface area contributed by atoms with Crippen molar-refractivity contribution in [2.45, 2.75) is 19.8 Å². The normalized spacial score (nSPS) is 13.6. The van der Waals surface area contributed by atoms with Crippen LogP contribution in [0.15, 0.2) is 47.0 Å². The van der Waals surface area contributed by atoms with Gasteiger partial charge >= 0.3 is 0 Å². The molecule has 3 aromatic rings. The number of aromatic nitrogens is 2. The van der Waals surface area contributed by atoms with Crippen molar-refractivity contribution in [3.05, 3.63) is 65.2 Å². The summed E-state index contributed by atoms with van der Waals surface area (Å²) >= 11 is 0. The minimum absolute atomic E-state index is 0.209. The van der Waals surface area contributed by atoms with Crippen LogP contribution in [-0.4, -0.2) is 22.6 Å². The van der Waals surface area contributed by atoms with Crippen molar-refractivity contribution < 1.29 is 13.7 Å². The Kier molecular flexibility index (Phi) is 3.80. The quantitative estimate of drug-likeness (QED) is 0.714. The second kappa shape index (κ2) is 6.12. The third-order valence-electron chi connectivity index (χ3n) is 4.32. The first kappa shape index (κ1) is 15.5. The van der Waals surface area contributed by atoms with Gasteiger partial charge in [0.1, 0.15) is 5.82 Å². The van der Waals surface area contributed by atoms with Crippen molar-refractivity contribution >= 4 is 11.6 Å². The Bertz CT molecular complexity index is 934. The summed E-state index contributed by atoms with van der Waals surface area (Å²) in [6, 6.07) is 11.9. The minimum atomic E-state index is -0.358. The Morgan fingerprint density at radius 3 is 2.72 bits per heavy atom.